The molecule has 0 fully saturated rings. The third-order valence-corrected chi connectivity index (χ3v) is 3.36. The topological polar surface area (TPSA) is 0 Å². The molecule has 0 saturated heterocycles. The average molecular weight is 239 g/mol. The summed E-state index contributed by atoms with van der Waals surface area (Å²) in [6.07, 6.45) is 6.91. The van der Waals surface area contributed by atoms with E-state index in [0.717, 1.165) is 0 Å². The minimum absolute atomic E-state index is 1.18. The molecule has 0 radical (unpaired) electrons. The van der Waals surface area contributed by atoms with Gasteiger partial charge in [0, 0.05) is 5.33 Å². The number of thioether (sulfide) groups is 1. The van der Waals surface area contributed by atoms with Gasteiger partial charge in [-0.1, -0.05) is 35.7 Å². The van der Waals surface area contributed by atoms with E-state index in [1.807, 2.05) is 0 Å². The number of hydrogen-bond acceptors (Lipinski definition) is 1. The van der Waals surface area contributed by atoms with E-state index in [1.54, 1.807) is 0 Å². The molecule has 0 bridgehead atoms. The van der Waals surface area contributed by atoms with Gasteiger partial charge in [-0.25, -0.2) is 0 Å². The van der Waals surface area contributed by atoms with E-state index in [4.69, 9.17) is 0 Å². The SMILES string of the molecule is CCCSCCCCCCBr. The summed E-state index contributed by atoms with van der Waals surface area (Å²) in [4.78, 5) is 0. The second kappa shape index (κ2) is 10.8. The Bertz CT molecular complexity index is 58.6. The van der Waals surface area contributed by atoms with Crippen LogP contribution >= 0.6 is 27.7 Å². The van der Waals surface area contributed by atoms with E-state index in [2.05, 4.69) is 34.6 Å². The largest absolute Gasteiger partial charge is 0.162 e. The van der Waals surface area contributed by atoms with Crippen molar-refractivity contribution in [2.75, 3.05) is 16.8 Å². The van der Waals surface area contributed by atoms with Gasteiger partial charge in [0.1, 0.15) is 0 Å². The van der Waals surface area contributed by atoms with Crippen LogP contribution in [0.15, 0.2) is 0 Å². The molecule has 0 aliphatic rings. The Balaban J connectivity index is 2.69. The van der Waals surface area contributed by atoms with Gasteiger partial charge in [0.05, 0.1) is 0 Å². The highest BCUT2D eigenvalue weighted by Gasteiger charge is 1.89. The first kappa shape index (κ1) is 11.8. The summed E-state index contributed by atoms with van der Waals surface area (Å²) < 4.78 is 0. The third kappa shape index (κ3) is 10.8. The molecule has 0 aromatic carbocycles. The summed E-state index contributed by atoms with van der Waals surface area (Å²) in [7, 11) is 0. The van der Waals surface area contributed by atoms with Crippen molar-refractivity contribution in [3.63, 3.8) is 0 Å². The van der Waals surface area contributed by atoms with E-state index in [0.29, 0.717) is 0 Å². The molecule has 0 atom stereocenters. The van der Waals surface area contributed by atoms with Crippen molar-refractivity contribution in [1.29, 1.82) is 0 Å². The lowest BCUT2D eigenvalue weighted by atomic mass is 10.2. The highest BCUT2D eigenvalue weighted by Crippen LogP contribution is 2.08. The van der Waals surface area contributed by atoms with Crippen molar-refractivity contribution in [3.8, 4) is 0 Å². The number of hydrogen-bond donors (Lipinski definition) is 0. The lowest BCUT2D eigenvalue weighted by molar-refractivity contribution is 0.713. The molecular weight excluding hydrogens is 220 g/mol. The van der Waals surface area contributed by atoms with Gasteiger partial charge in [0.2, 0.25) is 0 Å². The summed E-state index contributed by atoms with van der Waals surface area (Å²) in [6, 6.07) is 0. The van der Waals surface area contributed by atoms with Gasteiger partial charge in [-0.15, -0.1) is 0 Å². The molecule has 0 spiro atoms. The van der Waals surface area contributed by atoms with Gasteiger partial charge >= 0.3 is 0 Å². The zero-order valence-corrected chi connectivity index (χ0v) is 9.85. The summed E-state index contributed by atoms with van der Waals surface area (Å²) >= 11 is 5.54. The fourth-order valence-electron chi connectivity index (χ4n) is 0.899. The van der Waals surface area contributed by atoms with Gasteiger partial charge in [0.15, 0.2) is 0 Å². The minimum atomic E-state index is 1.18. The Labute approximate surface area is 83.6 Å². The molecule has 0 heterocycles. The zero-order chi connectivity index (χ0) is 8.36. The molecule has 2 heteroatoms. The normalized spacial score (nSPS) is 10.4. The molecule has 0 rings (SSSR count). The Morgan fingerprint density at radius 3 is 2.36 bits per heavy atom. The van der Waals surface area contributed by atoms with Crippen LogP contribution in [0, 0.1) is 0 Å². The Morgan fingerprint density at radius 1 is 1.00 bits per heavy atom. The first-order chi connectivity index (χ1) is 5.41. The predicted molar refractivity (Wildman–Crippen MR) is 59.9 cm³/mol. The Hall–Kier alpha value is 0.830. The number of halogens is 1. The summed E-state index contributed by atoms with van der Waals surface area (Å²) in [5, 5.41) is 1.18. The van der Waals surface area contributed by atoms with Crippen molar-refractivity contribution in [1.82, 2.24) is 0 Å². The number of rotatable bonds is 8. The van der Waals surface area contributed by atoms with Gasteiger partial charge in [0.25, 0.3) is 0 Å². The van der Waals surface area contributed by atoms with Crippen LogP contribution in [-0.4, -0.2) is 16.8 Å². The molecule has 0 N–H and O–H groups in total. The molecule has 0 aromatic rings. The van der Waals surface area contributed by atoms with E-state index in [1.165, 1.54) is 48.9 Å². The van der Waals surface area contributed by atoms with E-state index >= 15 is 0 Å². The first-order valence-electron chi connectivity index (χ1n) is 4.55. The molecule has 0 saturated carbocycles. The highest BCUT2D eigenvalue weighted by atomic mass is 79.9. The van der Waals surface area contributed by atoms with Crippen LogP contribution in [0.1, 0.15) is 39.0 Å². The number of alkyl halides is 1. The molecule has 0 unspecified atom stereocenters. The lowest BCUT2D eigenvalue weighted by Crippen LogP contribution is -1.83. The molecule has 0 nitrogen and oxygen atoms in total. The minimum Gasteiger partial charge on any atom is -0.162 e. The van der Waals surface area contributed by atoms with Crippen LogP contribution in [0.2, 0.25) is 0 Å². The molecule has 0 amide bonds. The quantitative estimate of drug-likeness (QED) is 0.454. The van der Waals surface area contributed by atoms with Crippen molar-refractivity contribution in [2.45, 2.75) is 39.0 Å². The van der Waals surface area contributed by atoms with Crippen LogP contribution in [0.4, 0.5) is 0 Å². The van der Waals surface area contributed by atoms with E-state index in [-0.39, 0.29) is 0 Å². The molecule has 68 valence electrons. The summed E-state index contributed by atoms with van der Waals surface area (Å²) in [6.45, 7) is 2.25. The average Bonchev–Trinajstić information content (AvgIpc) is 2.03. The van der Waals surface area contributed by atoms with Crippen molar-refractivity contribution in [3.05, 3.63) is 0 Å². The smallest absolute Gasteiger partial charge is 0.00313 e. The Kier molecular flexibility index (Phi) is 11.6. The maximum Gasteiger partial charge on any atom is 0.00313 e. The second-order valence-corrected chi connectivity index (χ2v) is 4.73. The maximum absolute atomic E-state index is 3.44. The zero-order valence-electron chi connectivity index (χ0n) is 7.44. The molecular formula is C9H19BrS. The van der Waals surface area contributed by atoms with Crippen LogP contribution in [0.5, 0.6) is 0 Å². The molecule has 0 aliphatic heterocycles. The van der Waals surface area contributed by atoms with Gasteiger partial charge in [-0.05, 0) is 30.8 Å². The predicted octanol–water partition coefficient (Wildman–Crippen LogP) is 4.08. The fraction of sp³-hybridized carbons (Fsp3) is 1.00. The molecule has 11 heavy (non-hydrogen) atoms. The maximum atomic E-state index is 3.44. The summed E-state index contributed by atoms with van der Waals surface area (Å²) in [5.74, 6) is 2.72. The van der Waals surface area contributed by atoms with Crippen LogP contribution in [0.25, 0.3) is 0 Å². The van der Waals surface area contributed by atoms with Gasteiger partial charge < -0.3 is 0 Å². The van der Waals surface area contributed by atoms with Crippen LogP contribution in [-0.2, 0) is 0 Å². The van der Waals surface area contributed by atoms with E-state index in [9.17, 15) is 0 Å². The van der Waals surface area contributed by atoms with Crippen molar-refractivity contribution in [2.24, 2.45) is 0 Å². The third-order valence-electron chi connectivity index (χ3n) is 1.52. The van der Waals surface area contributed by atoms with Crippen molar-refractivity contribution >= 4 is 27.7 Å². The lowest BCUT2D eigenvalue weighted by Gasteiger charge is -1.98. The van der Waals surface area contributed by atoms with Gasteiger partial charge in [-0.2, -0.15) is 11.8 Å². The first-order valence-corrected chi connectivity index (χ1v) is 6.83. The van der Waals surface area contributed by atoms with Crippen molar-refractivity contribution < 1.29 is 0 Å². The summed E-state index contributed by atoms with van der Waals surface area (Å²) in [5.41, 5.74) is 0. The van der Waals surface area contributed by atoms with Crippen LogP contribution < -0.4 is 0 Å². The van der Waals surface area contributed by atoms with Crippen LogP contribution in [0.3, 0.4) is 0 Å². The molecule has 0 aliphatic carbocycles. The number of unbranched alkanes of at least 4 members (excludes halogenated alkanes) is 3. The Morgan fingerprint density at radius 2 is 1.73 bits per heavy atom. The van der Waals surface area contributed by atoms with E-state index < -0.39 is 0 Å². The van der Waals surface area contributed by atoms with Gasteiger partial charge in [-0.3, -0.25) is 0 Å². The monoisotopic (exact) mass is 238 g/mol. The molecule has 0 aromatic heterocycles. The second-order valence-electron chi connectivity index (χ2n) is 2.72. The fourth-order valence-corrected chi connectivity index (χ4v) is 2.20. The standard InChI is InChI=1S/C9H19BrS/c1-2-8-11-9-6-4-3-5-7-10/h2-9H2,1H3. The highest BCUT2D eigenvalue weighted by molar-refractivity contribution is 9.09.